The Morgan fingerprint density at radius 3 is 2.50 bits per heavy atom. The molecule has 2 rings (SSSR count). The lowest BCUT2D eigenvalue weighted by Gasteiger charge is -2.23. The molecule has 2 bridgehead atoms. The first-order chi connectivity index (χ1) is 7.44. The number of hydrogen-bond donors (Lipinski definition) is 0. The Bertz CT molecular complexity index is 267. The van der Waals surface area contributed by atoms with Crippen molar-refractivity contribution in [3.05, 3.63) is 0 Å². The fraction of sp³-hybridized carbons (Fsp3) is 0.923. The molecule has 0 spiro atoms. The molecule has 2 aliphatic rings. The van der Waals surface area contributed by atoms with Crippen molar-refractivity contribution in [2.24, 2.45) is 17.8 Å². The Hall–Kier alpha value is -0.730. The third-order valence-electron chi connectivity index (χ3n) is 3.69. The second-order valence-electron chi connectivity index (χ2n) is 6.21. The van der Waals surface area contributed by atoms with Gasteiger partial charge in [-0.3, -0.25) is 0 Å². The molecule has 0 aromatic heterocycles. The van der Waals surface area contributed by atoms with E-state index in [1.165, 1.54) is 25.7 Å². The Labute approximate surface area is 97.5 Å². The maximum absolute atomic E-state index is 11.4. The van der Waals surface area contributed by atoms with Crippen molar-refractivity contribution in [2.45, 2.75) is 52.1 Å². The molecule has 3 atom stereocenters. The largest absolute Gasteiger partial charge is 0.508 e. The summed E-state index contributed by atoms with van der Waals surface area (Å²) in [5, 5.41) is 0. The van der Waals surface area contributed by atoms with Gasteiger partial charge < -0.3 is 9.47 Å². The van der Waals surface area contributed by atoms with E-state index in [0.29, 0.717) is 12.5 Å². The van der Waals surface area contributed by atoms with Gasteiger partial charge in [0.1, 0.15) is 5.60 Å². The summed E-state index contributed by atoms with van der Waals surface area (Å²) in [4.78, 5) is 11.4. The van der Waals surface area contributed by atoms with Crippen molar-refractivity contribution in [3.8, 4) is 0 Å². The topological polar surface area (TPSA) is 35.5 Å². The van der Waals surface area contributed by atoms with Crippen LogP contribution in [-0.4, -0.2) is 18.4 Å². The van der Waals surface area contributed by atoms with Crippen LogP contribution in [0, 0.1) is 17.8 Å². The van der Waals surface area contributed by atoms with Crippen LogP contribution in [0.25, 0.3) is 0 Å². The first kappa shape index (κ1) is 11.7. The first-order valence-corrected chi connectivity index (χ1v) is 6.30. The van der Waals surface area contributed by atoms with Crippen molar-refractivity contribution in [1.29, 1.82) is 0 Å². The minimum Gasteiger partial charge on any atom is -0.434 e. The van der Waals surface area contributed by atoms with Gasteiger partial charge in [-0.15, -0.1) is 0 Å². The average Bonchev–Trinajstić information content (AvgIpc) is 2.72. The lowest BCUT2D eigenvalue weighted by atomic mass is 9.90. The Balaban J connectivity index is 1.70. The highest BCUT2D eigenvalue weighted by molar-refractivity contribution is 5.60. The molecule has 2 saturated carbocycles. The molecule has 2 aliphatic carbocycles. The highest BCUT2D eigenvalue weighted by Crippen LogP contribution is 2.48. The van der Waals surface area contributed by atoms with Crippen molar-refractivity contribution >= 4 is 6.16 Å². The van der Waals surface area contributed by atoms with Crippen LogP contribution < -0.4 is 0 Å². The fourth-order valence-electron chi connectivity index (χ4n) is 3.04. The smallest absolute Gasteiger partial charge is 0.434 e. The van der Waals surface area contributed by atoms with Crippen molar-refractivity contribution in [3.63, 3.8) is 0 Å². The molecule has 0 aliphatic heterocycles. The van der Waals surface area contributed by atoms with Gasteiger partial charge in [0.2, 0.25) is 0 Å². The number of ether oxygens (including phenoxy) is 2. The molecule has 0 N–H and O–H groups in total. The predicted octanol–water partition coefficient (Wildman–Crippen LogP) is 3.37. The van der Waals surface area contributed by atoms with Crippen molar-refractivity contribution in [2.75, 3.05) is 6.61 Å². The van der Waals surface area contributed by atoms with Crippen LogP contribution in [-0.2, 0) is 9.47 Å². The number of rotatable bonds is 2. The Morgan fingerprint density at radius 2 is 2.00 bits per heavy atom. The van der Waals surface area contributed by atoms with E-state index in [9.17, 15) is 4.79 Å². The van der Waals surface area contributed by atoms with Gasteiger partial charge in [-0.25, -0.2) is 4.79 Å². The van der Waals surface area contributed by atoms with Gasteiger partial charge in [-0.05, 0) is 57.8 Å². The van der Waals surface area contributed by atoms with Crippen LogP contribution in [0.4, 0.5) is 4.79 Å². The van der Waals surface area contributed by atoms with Crippen LogP contribution >= 0.6 is 0 Å². The van der Waals surface area contributed by atoms with E-state index < -0.39 is 11.8 Å². The van der Waals surface area contributed by atoms with Crippen LogP contribution in [0.5, 0.6) is 0 Å². The van der Waals surface area contributed by atoms with E-state index in [2.05, 4.69) is 0 Å². The monoisotopic (exact) mass is 226 g/mol. The molecule has 0 aromatic carbocycles. The summed E-state index contributed by atoms with van der Waals surface area (Å²) in [5.41, 5.74) is -0.453. The van der Waals surface area contributed by atoms with E-state index in [1.807, 2.05) is 20.8 Å². The number of fused-ring (bicyclic) bond motifs is 2. The van der Waals surface area contributed by atoms with Gasteiger partial charge in [0, 0.05) is 0 Å². The van der Waals surface area contributed by atoms with Gasteiger partial charge in [-0.1, -0.05) is 6.42 Å². The average molecular weight is 226 g/mol. The van der Waals surface area contributed by atoms with Crippen LogP contribution in [0.1, 0.15) is 46.5 Å². The normalized spacial score (nSPS) is 32.8. The Morgan fingerprint density at radius 1 is 1.25 bits per heavy atom. The van der Waals surface area contributed by atoms with Gasteiger partial charge in [-0.2, -0.15) is 0 Å². The molecule has 3 unspecified atom stereocenters. The third-order valence-corrected chi connectivity index (χ3v) is 3.69. The maximum Gasteiger partial charge on any atom is 0.508 e. The van der Waals surface area contributed by atoms with Crippen LogP contribution in [0.3, 0.4) is 0 Å². The van der Waals surface area contributed by atoms with Gasteiger partial charge in [0.05, 0.1) is 6.61 Å². The number of carbonyl (C=O) groups is 1. The quantitative estimate of drug-likeness (QED) is 0.677. The van der Waals surface area contributed by atoms with Gasteiger partial charge in [0.25, 0.3) is 0 Å². The van der Waals surface area contributed by atoms with Crippen LogP contribution in [0.15, 0.2) is 0 Å². The molecule has 92 valence electrons. The molecule has 0 heterocycles. The molecular weight excluding hydrogens is 204 g/mol. The third kappa shape index (κ3) is 2.89. The highest BCUT2D eigenvalue weighted by atomic mass is 16.7. The minimum atomic E-state index is -0.518. The summed E-state index contributed by atoms with van der Waals surface area (Å²) in [5.74, 6) is 2.29. The lowest BCUT2D eigenvalue weighted by Crippen LogP contribution is -2.26. The minimum absolute atomic E-state index is 0.453. The zero-order chi connectivity index (χ0) is 11.8. The molecule has 16 heavy (non-hydrogen) atoms. The van der Waals surface area contributed by atoms with Gasteiger partial charge >= 0.3 is 6.16 Å². The maximum atomic E-state index is 11.4. The second kappa shape index (κ2) is 4.27. The summed E-state index contributed by atoms with van der Waals surface area (Å²) >= 11 is 0. The van der Waals surface area contributed by atoms with E-state index >= 15 is 0 Å². The molecule has 3 heteroatoms. The molecule has 0 aromatic rings. The zero-order valence-electron chi connectivity index (χ0n) is 10.5. The summed E-state index contributed by atoms with van der Waals surface area (Å²) in [6.45, 7) is 6.11. The highest BCUT2D eigenvalue weighted by Gasteiger charge is 2.40. The summed E-state index contributed by atoms with van der Waals surface area (Å²) in [6, 6.07) is 0. The van der Waals surface area contributed by atoms with Crippen LogP contribution in [0.2, 0.25) is 0 Å². The van der Waals surface area contributed by atoms with E-state index in [4.69, 9.17) is 9.47 Å². The fourth-order valence-corrected chi connectivity index (χ4v) is 3.04. The molecular formula is C13H22O3. The second-order valence-corrected chi connectivity index (χ2v) is 6.21. The van der Waals surface area contributed by atoms with E-state index in [1.54, 1.807) is 0 Å². The molecule has 0 amide bonds. The first-order valence-electron chi connectivity index (χ1n) is 6.30. The SMILES string of the molecule is CC(C)(C)OC(=O)OCC1CC2CCC1C2. The van der Waals surface area contributed by atoms with E-state index in [-0.39, 0.29) is 0 Å². The molecule has 3 nitrogen and oxygen atoms in total. The standard InChI is InChI=1S/C13H22O3/c1-13(2,3)16-12(14)15-8-11-7-9-4-5-10(11)6-9/h9-11H,4-8H2,1-3H3. The summed E-state index contributed by atoms with van der Waals surface area (Å²) in [7, 11) is 0. The predicted molar refractivity (Wildman–Crippen MR) is 61.1 cm³/mol. The Kier molecular flexibility index (Phi) is 3.13. The van der Waals surface area contributed by atoms with Gasteiger partial charge in [0.15, 0.2) is 0 Å². The van der Waals surface area contributed by atoms with Crippen molar-refractivity contribution in [1.82, 2.24) is 0 Å². The zero-order valence-corrected chi connectivity index (χ0v) is 10.5. The summed E-state index contributed by atoms with van der Waals surface area (Å²) < 4.78 is 10.3. The van der Waals surface area contributed by atoms with E-state index in [0.717, 1.165) is 11.8 Å². The molecule has 0 saturated heterocycles. The molecule has 0 radical (unpaired) electrons. The number of carbonyl (C=O) groups excluding carboxylic acids is 1. The van der Waals surface area contributed by atoms with Crippen molar-refractivity contribution < 1.29 is 14.3 Å². The molecule has 2 fully saturated rings. The lowest BCUT2D eigenvalue weighted by molar-refractivity contribution is -0.0164. The number of hydrogen-bond acceptors (Lipinski definition) is 3. The summed E-state index contributed by atoms with van der Waals surface area (Å²) in [6.07, 6.45) is 4.78.